The van der Waals surface area contributed by atoms with Gasteiger partial charge in [-0.25, -0.2) is 4.98 Å². The van der Waals surface area contributed by atoms with E-state index in [9.17, 15) is 0 Å². The van der Waals surface area contributed by atoms with Crippen LogP contribution in [0.4, 0.5) is 5.69 Å². The summed E-state index contributed by atoms with van der Waals surface area (Å²) in [4.78, 5) is 7.94. The Labute approximate surface area is 127 Å². The molecule has 5 heteroatoms. The Hall–Kier alpha value is -2.20. The number of benzene rings is 2. The van der Waals surface area contributed by atoms with E-state index in [4.69, 9.17) is 22.1 Å². The number of H-pyrrole nitrogens is 1. The number of anilines is 1. The Morgan fingerprint density at radius 1 is 1.14 bits per heavy atom. The average molecular weight is 302 g/mol. The van der Waals surface area contributed by atoms with E-state index >= 15 is 0 Å². The smallest absolute Gasteiger partial charge is 0.142 e. The van der Waals surface area contributed by atoms with E-state index in [1.54, 1.807) is 19.2 Å². The second-order valence-electron chi connectivity index (χ2n) is 5.11. The van der Waals surface area contributed by atoms with Crippen molar-refractivity contribution in [1.82, 2.24) is 9.97 Å². The number of imidazole rings is 1. The number of halogens is 1. The number of nitrogen functional groups attached to an aromatic ring is 1. The molecule has 0 unspecified atom stereocenters. The van der Waals surface area contributed by atoms with Gasteiger partial charge in [-0.15, -0.1) is 0 Å². The first-order chi connectivity index (χ1) is 9.99. The third-order valence-corrected chi connectivity index (χ3v) is 4.00. The Balaban J connectivity index is 2.23. The number of aromatic amines is 1. The highest BCUT2D eigenvalue weighted by Gasteiger charge is 2.14. The molecule has 108 valence electrons. The van der Waals surface area contributed by atoms with Crippen molar-refractivity contribution in [3.63, 3.8) is 0 Å². The lowest BCUT2D eigenvalue weighted by Gasteiger charge is -2.08. The number of hydrogen-bond donors (Lipinski definition) is 2. The molecule has 0 saturated carbocycles. The van der Waals surface area contributed by atoms with Crippen LogP contribution in [0.2, 0.25) is 5.02 Å². The molecule has 1 heterocycles. The van der Waals surface area contributed by atoms with E-state index in [-0.39, 0.29) is 0 Å². The van der Waals surface area contributed by atoms with Gasteiger partial charge in [0.2, 0.25) is 0 Å². The van der Waals surface area contributed by atoms with Gasteiger partial charge in [0.25, 0.3) is 0 Å². The summed E-state index contributed by atoms with van der Waals surface area (Å²) in [5.41, 5.74) is 11.4. The summed E-state index contributed by atoms with van der Waals surface area (Å²) in [5.74, 6) is 1.36. The van der Waals surface area contributed by atoms with Crippen LogP contribution in [0.25, 0.3) is 22.4 Å². The largest absolute Gasteiger partial charge is 0.496 e. The zero-order chi connectivity index (χ0) is 15.1. The Morgan fingerprint density at radius 2 is 1.86 bits per heavy atom. The summed E-state index contributed by atoms with van der Waals surface area (Å²) >= 11 is 6.12. The summed E-state index contributed by atoms with van der Waals surface area (Å²) in [5, 5.41) is 0.485. The van der Waals surface area contributed by atoms with Crippen molar-refractivity contribution in [2.24, 2.45) is 0 Å². The number of nitrogens with one attached hydrogen (secondary N) is 1. The van der Waals surface area contributed by atoms with Gasteiger partial charge in [-0.3, -0.25) is 0 Å². The molecule has 2 aromatic carbocycles. The second-order valence-corrected chi connectivity index (χ2v) is 5.52. The van der Waals surface area contributed by atoms with E-state index in [2.05, 4.69) is 35.9 Å². The van der Waals surface area contributed by atoms with Crippen molar-refractivity contribution >= 4 is 28.3 Å². The highest BCUT2D eigenvalue weighted by atomic mass is 35.5. The maximum absolute atomic E-state index is 6.12. The molecular weight excluding hydrogens is 286 g/mol. The minimum atomic E-state index is 0.485. The lowest BCUT2D eigenvalue weighted by Crippen LogP contribution is -1.93. The summed E-state index contributed by atoms with van der Waals surface area (Å²) in [6.45, 7) is 4.15. The normalized spacial score (nSPS) is 11.0. The number of aromatic nitrogens is 2. The number of fused-ring (bicyclic) bond motifs is 1. The van der Waals surface area contributed by atoms with Gasteiger partial charge in [-0.2, -0.15) is 0 Å². The lowest BCUT2D eigenvalue weighted by molar-refractivity contribution is 0.416. The van der Waals surface area contributed by atoms with Crippen LogP contribution in [-0.2, 0) is 0 Å². The maximum atomic E-state index is 6.12. The molecule has 21 heavy (non-hydrogen) atoms. The zero-order valence-corrected chi connectivity index (χ0v) is 12.9. The highest BCUT2D eigenvalue weighted by molar-refractivity contribution is 6.33. The second kappa shape index (κ2) is 4.97. The molecule has 0 amide bonds. The van der Waals surface area contributed by atoms with Gasteiger partial charge in [-0.05, 0) is 43.2 Å². The number of ether oxygens (including phenoxy) is 1. The zero-order valence-electron chi connectivity index (χ0n) is 12.1. The first kappa shape index (κ1) is 13.8. The molecule has 0 atom stereocenters. The molecule has 0 aliphatic rings. The van der Waals surface area contributed by atoms with Gasteiger partial charge >= 0.3 is 0 Å². The molecule has 0 radical (unpaired) electrons. The lowest BCUT2D eigenvalue weighted by atomic mass is 10.1. The monoisotopic (exact) mass is 301 g/mol. The molecule has 0 saturated heterocycles. The first-order valence-corrected chi connectivity index (χ1v) is 6.97. The SMILES string of the molecule is COc1cc(N)c(Cl)cc1-c1nc2cc(C)c(C)cc2[nH]1. The molecule has 0 fully saturated rings. The molecule has 0 bridgehead atoms. The van der Waals surface area contributed by atoms with Crippen molar-refractivity contribution in [2.75, 3.05) is 12.8 Å². The van der Waals surface area contributed by atoms with E-state index in [0.29, 0.717) is 22.3 Å². The van der Waals surface area contributed by atoms with E-state index in [1.165, 1.54) is 11.1 Å². The van der Waals surface area contributed by atoms with Gasteiger partial charge < -0.3 is 15.5 Å². The molecule has 3 rings (SSSR count). The fourth-order valence-corrected chi connectivity index (χ4v) is 2.48. The van der Waals surface area contributed by atoms with Crippen LogP contribution >= 0.6 is 11.6 Å². The number of methoxy groups -OCH3 is 1. The minimum Gasteiger partial charge on any atom is -0.496 e. The van der Waals surface area contributed by atoms with Gasteiger partial charge in [0, 0.05) is 6.07 Å². The number of rotatable bonds is 2. The number of nitrogens with zero attached hydrogens (tertiary/aromatic N) is 1. The predicted octanol–water partition coefficient (Wildman–Crippen LogP) is 4.09. The molecule has 0 aliphatic carbocycles. The summed E-state index contributed by atoms with van der Waals surface area (Å²) < 4.78 is 5.38. The minimum absolute atomic E-state index is 0.485. The third kappa shape index (κ3) is 2.32. The topological polar surface area (TPSA) is 63.9 Å². The molecule has 4 nitrogen and oxygen atoms in total. The van der Waals surface area contributed by atoms with Crippen LogP contribution in [0.5, 0.6) is 5.75 Å². The van der Waals surface area contributed by atoms with E-state index < -0.39 is 0 Å². The standard InChI is InChI=1S/C16H16ClN3O/c1-8-4-13-14(5-9(8)2)20-16(19-13)10-6-11(17)12(18)7-15(10)21-3/h4-7H,18H2,1-3H3,(H,19,20). The quantitative estimate of drug-likeness (QED) is 0.701. The van der Waals surface area contributed by atoms with Gasteiger partial charge in [0.1, 0.15) is 11.6 Å². The van der Waals surface area contributed by atoms with Crippen molar-refractivity contribution < 1.29 is 4.74 Å². The van der Waals surface area contributed by atoms with E-state index in [0.717, 1.165) is 16.6 Å². The van der Waals surface area contributed by atoms with Crippen LogP contribution in [0.15, 0.2) is 24.3 Å². The summed E-state index contributed by atoms with van der Waals surface area (Å²) in [6.07, 6.45) is 0. The first-order valence-electron chi connectivity index (χ1n) is 6.60. The average Bonchev–Trinajstić information content (AvgIpc) is 2.84. The molecule has 0 aliphatic heterocycles. The van der Waals surface area contributed by atoms with Crippen molar-refractivity contribution in [1.29, 1.82) is 0 Å². The van der Waals surface area contributed by atoms with Crippen molar-refractivity contribution in [2.45, 2.75) is 13.8 Å². The fourth-order valence-electron chi connectivity index (χ4n) is 2.32. The molecule has 1 aromatic heterocycles. The number of hydrogen-bond acceptors (Lipinski definition) is 3. The van der Waals surface area contributed by atoms with E-state index in [1.807, 2.05) is 0 Å². The Bertz CT molecular complexity index is 800. The number of nitrogens with two attached hydrogens (primary N) is 1. The van der Waals surface area contributed by atoms with Crippen LogP contribution in [-0.4, -0.2) is 17.1 Å². The van der Waals surface area contributed by atoms with Crippen LogP contribution in [0, 0.1) is 13.8 Å². The summed E-state index contributed by atoms with van der Waals surface area (Å²) in [6, 6.07) is 7.64. The predicted molar refractivity (Wildman–Crippen MR) is 87.0 cm³/mol. The van der Waals surface area contributed by atoms with Crippen molar-refractivity contribution in [3.05, 3.63) is 40.4 Å². The van der Waals surface area contributed by atoms with Crippen LogP contribution in [0.3, 0.4) is 0 Å². The van der Waals surface area contributed by atoms with Gasteiger partial charge in [0.15, 0.2) is 0 Å². The van der Waals surface area contributed by atoms with Gasteiger partial charge in [-0.1, -0.05) is 11.6 Å². The third-order valence-electron chi connectivity index (χ3n) is 3.67. The van der Waals surface area contributed by atoms with Crippen molar-refractivity contribution in [3.8, 4) is 17.1 Å². The molecule has 0 spiro atoms. The molecule has 3 N–H and O–H groups in total. The highest BCUT2D eigenvalue weighted by Crippen LogP contribution is 2.35. The maximum Gasteiger partial charge on any atom is 0.142 e. The Kier molecular flexibility index (Phi) is 3.26. The molecular formula is C16H16ClN3O. The molecule has 3 aromatic rings. The van der Waals surface area contributed by atoms with Gasteiger partial charge in [0.05, 0.1) is 34.4 Å². The number of aryl methyl sites for hydroxylation is 2. The van der Waals surface area contributed by atoms with Crippen LogP contribution in [0.1, 0.15) is 11.1 Å². The van der Waals surface area contributed by atoms with Crippen LogP contribution < -0.4 is 10.5 Å². The Morgan fingerprint density at radius 3 is 2.57 bits per heavy atom. The summed E-state index contributed by atoms with van der Waals surface area (Å²) in [7, 11) is 1.60. The fraction of sp³-hybridized carbons (Fsp3) is 0.188.